The van der Waals surface area contributed by atoms with Gasteiger partial charge in [0.2, 0.25) is 0 Å². The number of rotatable bonds is 11. The second-order valence-electron chi connectivity index (χ2n) is 7.65. The van der Waals surface area contributed by atoms with Crippen molar-refractivity contribution in [1.29, 1.82) is 0 Å². The first-order valence-electron chi connectivity index (χ1n) is 11.3. The quantitative estimate of drug-likeness (QED) is 0.255. The summed E-state index contributed by atoms with van der Waals surface area (Å²) >= 11 is 5.29. The molecule has 1 aromatic heterocycles. The lowest BCUT2D eigenvalue weighted by atomic mass is 10.2. The number of carbonyl (C=O) groups is 2. The average molecular weight is 480 g/mol. The van der Waals surface area contributed by atoms with Crippen molar-refractivity contribution in [2.45, 2.75) is 39.2 Å². The van der Waals surface area contributed by atoms with Crippen molar-refractivity contribution in [1.82, 2.24) is 10.6 Å². The van der Waals surface area contributed by atoms with Crippen LogP contribution in [-0.4, -0.2) is 23.5 Å². The number of anilines is 1. The van der Waals surface area contributed by atoms with E-state index >= 15 is 0 Å². The molecule has 2 aromatic carbocycles. The minimum Gasteiger partial charge on any atom is -0.493 e. The van der Waals surface area contributed by atoms with Gasteiger partial charge in [-0.2, -0.15) is 0 Å². The van der Waals surface area contributed by atoms with Crippen LogP contribution in [0.1, 0.15) is 59.1 Å². The van der Waals surface area contributed by atoms with Crippen LogP contribution in [0.3, 0.4) is 0 Å². The van der Waals surface area contributed by atoms with Crippen molar-refractivity contribution >= 4 is 34.8 Å². The van der Waals surface area contributed by atoms with Crippen molar-refractivity contribution in [2.24, 2.45) is 0 Å². The Morgan fingerprint density at radius 3 is 2.47 bits per heavy atom. The molecule has 0 unspecified atom stereocenters. The average Bonchev–Trinajstić information content (AvgIpc) is 3.37. The highest BCUT2D eigenvalue weighted by Gasteiger charge is 2.14. The van der Waals surface area contributed by atoms with Gasteiger partial charge in [-0.15, -0.1) is 0 Å². The third-order valence-electron chi connectivity index (χ3n) is 5.02. The number of hydrogen-bond donors (Lipinski definition) is 3. The molecule has 2 amide bonds. The highest BCUT2D eigenvalue weighted by atomic mass is 32.1. The number of thiocarbonyl (C=S) groups is 1. The summed E-state index contributed by atoms with van der Waals surface area (Å²) in [6.07, 6.45) is 5.93. The Kier molecular flexibility index (Phi) is 9.66. The van der Waals surface area contributed by atoms with Crippen LogP contribution in [0.15, 0.2) is 71.3 Å². The van der Waals surface area contributed by atoms with Crippen LogP contribution in [0.5, 0.6) is 5.75 Å². The van der Waals surface area contributed by atoms with Crippen LogP contribution in [0.2, 0.25) is 0 Å². The minimum atomic E-state index is -0.351. The normalized spacial score (nSPS) is 10.4. The molecule has 0 fully saturated rings. The maximum Gasteiger partial charge on any atom is 0.261 e. The standard InChI is InChI=1S/C26H29N3O4S/c1-2-3-4-7-16-33-23-11-6-5-10-22(23)25(31)29-26(34)28-20-14-12-19(13-15-20)24(30)27-18-21-9-8-17-32-21/h5-6,8-15,17H,2-4,7,16,18H2,1H3,(H,27,30)(H2,28,29,31,34). The van der Waals surface area contributed by atoms with Crippen LogP contribution in [0.25, 0.3) is 0 Å². The number of benzene rings is 2. The van der Waals surface area contributed by atoms with E-state index in [0.29, 0.717) is 41.5 Å². The first kappa shape index (κ1) is 25.0. The van der Waals surface area contributed by atoms with Crippen molar-refractivity contribution < 1.29 is 18.7 Å². The van der Waals surface area contributed by atoms with Gasteiger partial charge < -0.3 is 19.8 Å². The van der Waals surface area contributed by atoms with Gasteiger partial charge in [-0.25, -0.2) is 0 Å². The molecule has 0 atom stereocenters. The minimum absolute atomic E-state index is 0.151. The van der Waals surface area contributed by atoms with E-state index in [4.69, 9.17) is 21.4 Å². The summed E-state index contributed by atoms with van der Waals surface area (Å²) in [4.78, 5) is 25.0. The van der Waals surface area contributed by atoms with Crippen LogP contribution >= 0.6 is 12.2 Å². The summed E-state index contributed by atoms with van der Waals surface area (Å²) < 4.78 is 11.0. The smallest absolute Gasteiger partial charge is 0.261 e. The summed E-state index contributed by atoms with van der Waals surface area (Å²) in [5, 5.41) is 8.58. The number of amides is 2. The van der Waals surface area contributed by atoms with Gasteiger partial charge in [0.05, 0.1) is 25.0 Å². The Morgan fingerprint density at radius 1 is 0.941 bits per heavy atom. The van der Waals surface area contributed by atoms with Gasteiger partial charge in [0.25, 0.3) is 11.8 Å². The van der Waals surface area contributed by atoms with E-state index in [1.807, 2.05) is 6.07 Å². The predicted octanol–water partition coefficient (Wildman–Crippen LogP) is 5.30. The van der Waals surface area contributed by atoms with E-state index < -0.39 is 0 Å². The monoisotopic (exact) mass is 479 g/mol. The topological polar surface area (TPSA) is 92.6 Å². The lowest BCUT2D eigenvalue weighted by Gasteiger charge is -2.13. The molecular formula is C26H29N3O4S. The lowest BCUT2D eigenvalue weighted by molar-refractivity contribution is 0.0945. The largest absolute Gasteiger partial charge is 0.493 e. The van der Waals surface area contributed by atoms with Gasteiger partial charge in [0.1, 0.15) is 11.5 Å². The summed E-state index contributed by atoms with van der Waals surface area (Å²) in [5.41, 5.74) is 1.57. The molecule has 8 heteroatoms. The lowest BCUT2D eigenvalue weighted by Crippen LogP contribution is -2.34. The highest BCUT2D eigenvalue weighted by Crippen LogP contribution is 2.19. The molecule has 0 radical (unpaired) electrons. The Labute approximate surface area is 204 Å². The van der Waals surface area contributed by atoms with Crippen LogP contribution in [-0.2, 0) is 6.54 Å². The number of carbonyl (C=O) groups excluding carboxylic acids is 2. The van der Waals surface area contributed by atoms with Crippen LogP contribution in [0.4, 0.5) is 5.69 Å². The first-order valence-corrected chi connectivity index (χ1v) is 11.7. The molecule has 0 bridgehead atoms. The molecule has 178 valence electrons. The van der Waals surface area contributed by atoms with Gasteiger partial charge in [-0.05, 0) is 67.2 Å². The van der Waals surface area contributed by atoms with Crippen molar-refractivity contribution in [2.75, 3.05) is 11.9 Å². The van der Waals surface area contributed by atoms with Gasteiger partial charge in [0, 0.05) is 11.3 Å². The van der Waals surface area contributed by atoms with E-state index in [1.165, 1.54) is 6.42 Å². The second-order valence-corrected chi connectivity index (χ2v) is 8.06. The fourth-order valence-electron chi connectivity index (χ4n) is 3.21. The summed E-state index contributed by atoms with van der Waals surface area (Å²) in [6, 6.07) is 17.4. The Bertz CT molecular complexity index is 1080. The second kappa shape index (κ2) is 13.2. The fraction of sp³-hybridized carbons (Fsp3) is 0.269. The summed E-state index contributed by atoms with van der Waals surface area (Å²) in [6.45, 7) is 3.03. The number of nitrogens with one attached hydrogen (secondary N) is 3. The van der Waals surface area contributed by atoms with Gasteiger partial charge in [-0.1, -0.05) is 38.3 Å². The van der Waals surface area contributed by atoms with Crippen molar-refractivity contribution in [3.05, 3.63) is 83.8 Å². The third kappa shape index (κ3) is 7.74. The molecular weight excluding hydrogens is 450 g/mol. The van der Waals surface area contributed by atoms with Gasteiger partial charge >= 0.3 is 0 Å². The number of ether oxygens (including phenoxy) is 1. The van der Waals surface area contributed by atoms with E-state index in [2.05, 4.69) is 22.9 Å². The molecule has 1 heterocycles. The summed E-state index contributed by atoms with van der Waals surface area (Å²) in [5.74, 6) is 0.640. The molecule has 0 spiro atoms. The number of hydrogen-bond acceptors (Lipinski definition) is 5. The molecule has 3 rings (SSSR count). The van der Waals surface area contributed by atoms with E-state index in [0.717, 1.165) is 19.3 Å². The number of furan rings is 1. The van der Waals surface area contributed by atoms with E-state index in [1.54, 1.807) is 60.9 Å². The molecule has 34 heavy (non-hydrogen) atoms. The highest BCUT2D eigenvalue weighted by molar-refractivity contribution is 7.80. The van der Waals surface area contributed by atoms with E-state index in [-0.39, 0.29) is 16.9 Å². The molecule has 3 aromatic rings. The van der Waals surface area contributed by atoms with Gasteiger partial charge in [0.15, 0.2) is 5.11 Å². The third-order valence-corrected chi connectivity index (χ3v) is 5.23. The zero-order valence-electron chi connectivity index (χ0n) is 19.1. The molecule has 7 nitrogen and oxygen atoms in total. The fourth-order valence-corrected chi connectivity index (χ4v) is 3.42. The predicted molar refractivity (Wildman–Crippen MR) is 136 cm³/mol. The zero-order valence-corrected chi connectivity index (χ0v) is 20.0. The van der Waals surface area contributed by atoms with Crippen molar-refractivity contribution in [3.8, 4) is 5.75 Å². The van der Waals surface area contributed by atoms with Crippen LogP contribution < -0.4 is 20.7 Å². The molecule has 0 aliphatic rings. The Morgan fingerprint density at radius 2 is 1.74 bits per heavy atom. The Balaban J connectivity index is 1.49. The first-order chi connectivity index (χ1) is 16.6. The van der Waals surface area contributed by atoms with Crippen LogP contribution in [0, 0.1) is 0 Å². The molecule has 0 aliphatic carbocycles. The van der Waals surface area contributed by atoms with E-state index in [9.17, 15) is 9.59 Å². The zero-order chi connectivity index (χ0) is 24.2. The van der Waals surface area contributed by atoms with Crippen molar-refractivity contribution in [3.63, 3.8) is 0 Å². The Hall–Kier alpha value is -3.65. The number of para-hydroxylation sites is 1. The number of unbranched alkanes of at least 4 members (excludes halogenated alkanes) is 3. The maximum atomic E-state index is 12.7. The molecule has 0 saturated heterocycles. The molecule has 3 N–H and O–H groups in total. The molecule has 0 saturated carbocycles. The van der Waals surface area contributed by atoms with Gasteiger partial charge in [-0.3, -0.25) is 14.9 Å². The summed E-state index contributed by atoms with van der Waals surface area (Å²) in [7, 11) is 0. The molecule has 0 aliphatic heterocycles. The maximum absolute atomic E-state index is 12.7. The SMILES string of the molecule is CCCCCCOc1ccccc1C(=O)NC(=S)Nc1ccc(C(=O)NCc2ccco2)cc1.